The minimum Gasteiger partial charge on any atom is -0.465 e. The monoisotopic (exact) mass is 280 g/mol. The van der Waals surface area contributed by atoms with Crippen molar-refractivity contribution in [2.75, 3.05) is 12.4 Å². The molecule has 1 N–H and O–H groups in total. The fraction of sp³-hybridized carbons (Fsp3) is 0.333. The largest absolute Gasteiger partial charge is 0.465 e. The van der Waals surface area contributed by atoms with Crippen molar-refractivity contribution in [3.05, 3.63) is 22.9 Å². The van der Waals surface area contributed by atoms with Crippen molar-refractivity contribution in [2.45, 2.75) is 18.9 Å². The number of carbonyl (C=O) groups is 3. The highest BCUT2D eigenvalue weighted by Gasteiger charge is 2.31. The number of rotatable bonds is 4. The van der Waals surface area contributed by atoms with E-state index < -0.39 is 11.8 Å². The standard InChI is InChI=1S/C12H12N2O4S/c1-3-18-8(15)5-19-12-9-7(4-6(2)13-12)10(16)14-11(9)17/h4H,3,5H2,1-2H3,(H,14,16,17). The van der Waals surface area contributed by atoms with Gasteiger partial charge in [0.2, 0.25) is 0 Å². The number of nitrogens with zero attached hydrogens (tertiary/aromatic N) is 1. The number of hydrogen-bond acceptors (Lipinski definition) is 6. The van der Waals surface area contributed by atoms with E-state index >= 15 is 0 Å². The first-order valence-corrected chi connectivity index (χ1v) is 6.67. The zero-order chi connectivity index (χ0) is 14.0. The Hall–Kier alpha value is -1.89. The van der Waals surface area contributed by atoms with Gasteiger partial charge in [-0.25, -0.2) is 4.98 Å². The summed E-state index contributed by atoms with van der Waals surface area (Å²) in [6.45, 7) is 3.75. The van der Waals surface area contributed by atoms with Crippen LogP contribution < -0.4 is 5.32 Å². The lowest BCUT2D eigenvalue weighted by Gasteiger charge is -2.06. The molecule has 1 aliphatic rings. The first-order valence-electron chi connectivity index (χ1n) is 5.68. The molecule has 19 heavy (non-hydrogen) atoms. The van der Waals surface area contributed by atoms with Gasteiger partial charge in [-0.3, -0.25) is 19.7 Å². The van der Waals surface area contributed by atoms with E-state index in [-0.39, 0.29) is 17.3 Å². The van der Waals surface area contributed by atoms with Crippen molar-refractivity contribution < 1.29 is 19.1 Å². The molecule has 0 spiro atoms. The van der Waals surface area contributed by atoms with Crippen LogP contribution in [0.15, 0.2) is 11.1 Å². The average molecular weight is 280 g/mol. The summed E-state index contributed by atoms with van der Waals surface area (Å²) in [5.41, 5.74) is 1.17. The molecular formula is C12H12N2O4S. The first kappa shape index (κ1) is 13.5. The lowest BCUT2D eigenvalue weighted by molar-refractivity contribution is -0.139. The Morgan fingerprint density at radius 1 is 1.42 bits per heavy atom. The lowest BCUT2D eigenvalue weighted by Crippen LogP contribution is -2.20. The normalized spacial score (nSPS) is 13.2. The fourth-order valence-corrected chi connectivity index (χ4v) is 2.60. The summed E-state index contributed by atoms with van der Waals surface area (Å²) in [7, 11) is 0. The number of aromatic nitrogens is 1. The number of esters is 1. The molecule has 0 radical (unpaired) electrons. The van der Waals surface area contributed by atoms with Gasteiger partial charge in [0.15, 0.2) is 0 Å². The molecule has 2 amide bonds. The molecular weight excluding hydrogens is 268 g/mol. The van der Waals surface area contributed by atoms with Gasteiger partial charge in [0.05, 0.1) is 23.5 Å². The van der Waals surface area contributed by atoms with Gasteiger partial charge < -0.3 is 4.74 Å². The van der Waals surface area contributed by atoms with Crippen molar-refractivity contribution in [1.82, 2.24) is 10.3 Å². The molecule has 1 aromatic rings. The van der Waals surface area contributed by atoms with Gasteiger partial charge in [0, 0.05) is 5.69 Å². The number of nitrogens with one attached hydrogen (secondary N) is 1. The molecule has 6 nitrogen and oxygen atoms in total. The molecule has 0 atom stereocenters. The van der Waals surface area contributed by atoms with E-state index in [0.717, 1.165) is 11.8 Å². The molecule has 0 saturated carbocycles. The summed E-state index contributed by atoms with van der Waals surface area (Å²) >= 11 is 1.10. The number of imide groups is 1. The topological polar surface area (TPSA) is 85.4 Å². The number of aryl methyl sites for hydroxylation is 1. The minimum atomic E-state index is -0.473. The van der Waals surface area contributed by atoms with Crippen LogP contribution in [-0.4, -0.2) is 35.1 Å². The highest BCUT2D eigenvalue weighted by atomic mass is 32.2. The van der Waals surface area contributed by atoms with Crippen LogP contribution in [-0.2, 0) is 9.53 Å². The molecule has 0 unspecified atom stereocenters. The maximum Gasteiger partial charge on any atom is 0.316 e. The molecule has 7 heteroatoms. The SMILES string of the molecule is CCOC(=O)CSc1nc(C)cc2c1C(=O)NC2=O. The van der Waals surface area contributed by atoms with Crippen molar-refractivity contribution in [1.29, 1.82) is 0 Å². The van der Waals surface area contributed by atoms with Crippen LogP contribution in [0.1, 0.15) is 33.3 Å². The van der Waals surface area contributed by atoms with Crippen LogP contribution in [0.5, 0.6) is 0 Å². The second kappa shape index (κ2) is 5.40. The summed E-state index contributed by atoms with van der Waals surface area (Å²) in [5.74, 6) is -1.23. The molecule has 0 bridgehead atoms. The molecule has 0 aromatic carbocycles. The summed E-state index contributed by atoms with van der Waals surface area (Å²) in [5, 5.41) is 2.60. The third-order valence-corrected chi connectivity index (χ3v) is 3.39. The summed E-state index contributed by atoms with van der Waals surface area (Å²) in [6, 6.07) is 1.56. The number of thioether (sulfide) groups is 1. The van der Waals surface area contributed by atoms with Gasteiger partial charge in [0.1, 0.15) is 5.03 Å². The van der Waals surface area contributed by atoms with Gasteiger partial charge in [-0.2, -0.15) is 0 Å². The molecule has 0 saturated heterocycles. The van der Waals surface area contributed by atoms with Crippen molar-refractivity contribution in [2.24, 2.45) is 0 Å². The number of carbonyl (C=O) groups excluding carboxylic acids is 3. The van der Waals surface area contributed by atoms with Crippen LogP contribution in [0.25, 0.3) is 0 Å². The molecule has 1 aliphatic heterocycles. The fourth-order valence-electron chi connectivity index (χ4n) is 1.71. The second-order valence-corrected chi connectivity index (χ2v) is 4.83. The summed E-state index contributed by atoms with van der Waals surface area (Å²) in [4.78, 5) is 38.8. The van der Waals surface area contributed by atoms with Gasteiger partial charge in [-0.1, -0.05) is 11.8 Å². The maximum atomic E-state index is 11.7. The van der Waals surface area contributed by atoms with E-state index in [4.69, 9.17) is 4.74 Å². The minimum absolute atomic E-state index is 0.0538. The predicted octanol–water partition coefficient (Wildman–Crippen LogP) is 0.929. The lowest BCUT2D eigenvalue weighted by atomic mass is 10.1. The third kappa shape index (κ3) is 2.76. The molecule has 0 fully saturated rings. The molecule has 0 aliphatic carbocycles. The number of hydrogen-bond donors (Lipinski definition) is 1. The molecule has 2 rings (SSSR count). The third-order valence-electron chi connectivity index (χ3n) is 2.45. The molecule has 100 valence electrons. The Morgan fingerprint density at radius 2 is 2.16 bits per heavy atom. The predicted molar refractivity (Wildman–Crippen MR) is 68.1 cm³/mol. The second-order valence-electron chi connectivity index (χ2n) is 3.87. The Balaban J connectivity index is 2.26. The van der Waals surface area contributed by atoms with Gasteiger partial charge in [-0.15, -0.1) is 0 Å². The first-order chi connectivity index (χ1) is 9.02. The Morgan fingerprint density at radius 3 is 2.84 bits per heavy atom. The van der Waals surface area contributed by atoms with Crippen LogP contribution >= 0.6 is 11.8 Å². The van der Waals surface area contributed by atoms with Crippen LogP contribution in [0.3, 0.4) is 0 Å². The smallest absolute Gasteiger partial charge is 0.316 e. The Kier molecular flexibility index (Phi) is 3.84. The highest BCUT2D eigenvalue weighted by molar-refractivity contribution is 8.00. The highest BCUT2D eigenvalue weighted by Crippen LogP contribution is 2.27. The van der Waals surface area contributed by atoms with E-state index in [0.29, 0.717) is 22.9 Å². The maximum absolute atomic E-state index is 11.7. The number of pyridine rings is 1. The number of ether oxygens (including phenoxy) is 1. The van der Waals surface area contributed by atoms with Gasteiger partial charge >= 0.3 is 5.97 Å². The Labute approximate surface area is 113 Å². The van der Waals surface area contributed by atoms with Gasteiger partial charge in [0.25, 0.3) is 11.8 Å². The van der Waals surface area contributed by atoms with E-state index in [2.05, 4.69) is 10.3 Å². The van der Waals surface area contributed by atoms with Crippen LogP contribution in [0, 0.1) is 6.92 Å². The average Bonchev–Trinajstić information content (AvgIpc) is 2.62. The van der Waals surface area contributed by atoms with E-state index in [1.165, 1.54) is 0 Å². The zero-order valence-electron chi connectivity index (χ0n) is 10.5. The van der Waals surface area contributed by atoms with E-state index in [1.54, 1.807) is 19.9 Å². The quantitative estimate of drug-likeness (QED) is 0.501. The number of fused-ring (bicyclic) bond motifs is 1. The van der Waals surface area contributed by atoms with Crippen LogP contribution in [0.2, 0.25) is 0 Å². The molecule has 2 heterocycles. The number of amides is 2. The van der Waals surface area contributed by atoms with Crippen molar-refractivity contribution >= 4 is 29.5 Å². The summed E-state index contributed by atoms with van der Waals surface area (Å²) < 4.78 is 4.81. The molecule has 1 aromatic heterocycles. The van der Waals surface area contributed by atoms with Gasteiger partial charge in [-0.05, 0) is 19.9 Å². The van der Waals surface area contributed by atoms with Crippen molar-refractivity contribution in [3.8, 4) is 0 Å². The zero-order valence-corrected chi connectivity index (χ0v) is 11.3. The van der Waals surface area contributed by atoms with E-state index in [9.17, 15) is 14.4 Å². The summed E-state index contributed by atoms with van der Waals surface area (Å²) in [6.07, 6.45) is 0. The Bertz CT molecular complexity index is 571. The van der Waals surface area contributed by atoms with Crippen LogP contribution in [0.4, 0.5) is 0 Å². The van der Waals surface area contributed by atoms with Crippen molar-refractivity contribution in [3.63, 3.8) is 0 Å². The van der Waals surface area contributed by atoms with E-state index in [1.807, 2.05) is 0 Å².